The minimum Gasteiger partial charge on any atom is -0.468 e. The predicted molar refractivity (Wildman–Crippen MR) is 94.8 cm³/mol. The van der Waals surface area contributed by atoms with Crippen LogP contribution in [-0.2, 0) is 19.1 Å². The molecule has 0 aliphatic carbocycles. The number of benzene rings is 1. The van der Waals surface area contributed by atoms with Crippen LogP contribution in [0.3, 0.4) is 0 Å². The van der Waals surface area contributed by atoms with Gasteiger partial charge in [-0.25, -0.2) is 9.18 Å². The lowest BCUT2D eigenvalue weighted by Gasteiger charge is -2.23. The van der Waals surface area contributed by atoms with Crippen molar-refractivity contribution < 1.29 is 28.3 Å². The molecule has 27 heavy (non-hydrogen) atoms. The number of nitrogens with two attached hydrogens (primary N) is 1. The highest BCUT2D eigenvalue weighted by atomic mass is 19.1. The van der Waals surface area contributed by atoms with E-state index in [2.05, 4.69) is 4.74 Å². The van der Waals surface area contributed by atoms with Crippen LogP contribution in [0.2, 0.25) is 0 Å². The van der Waals surface area contributed by atoms with Crippen LogP contribution < -0.4 is 15.5 Å². The zero-order valence-corrected chi connectivity index (χ0v) is 15.1. The van der Waals surface area contributed by atoms with Gasteiger partial charge in [0.05, 0.1) is 31.6 Å². The Labute approximate surface area is 156 Å². The maximum atomic E-state index is 14.7. The highest BCUT2D eigenvalue weighted by molar-refractivity contribution is 5.90. The van der Waals surface area contributed by atoms with Crippen molar-refractivity contribution in [3.63, 3.8) is 0 Å². The van der Waals surface area contributed by atoms with Gasteiger partial charge in [-0.2, -0.15) is 5.06 Å². The molecule has 9 nitrogen and oxygen atoms in total. The largest absolute Gasteiger partial charge is 0.468 e. The zero-order valence-electron chi connectivity index (χ0n) is 15.1. The minimum atomic E-state index is -0.528. The Hall–Kier alpha value is -2.43. The molecule has 2 aliphatic heterocycles. The number of esters is 1. The Balaban J connectivity index is 1.67. The van der Waals surface area contributed by atoms with E-state index in [0.717, 1.165) is 0 Å². The van der Waals surface area contributed by atoms with E-state index in [4.69, 9.17) is 15.3 Å². The van der Waals surface area contributed by atoms with E-state index in [9.17, 15) is 14.0 Å². The van der Waals surface area contributed by atoms with Crippen LogP contribution in [0.25, 0.3) is 0 Å². The number of hydrogen-bond acceptors (Lipinski definition) is 8. The lowest BCUT2D eigenvalue weighted by Crippen LogP contribution is -2.34. The third-order valence-electron chi connectivity index (χ3n) is 4.51. The number of rotatable bonds is 5. The summed E-state index contributed by atoms with van der Waals surface area (Å²) >= 11 is 0. The van der Waals surface area contributed by atoms with Gasteiger partial charge in [-0.05, 0) is 18.2 Å². The van der Waals surface area contributed by atoms with Crippen molar-refractivity contribution in [3.8, 4) is 0 Å². The molecule has 1 aromatic rings. The Morgan fingerprint density at radius 2 is 2.19 bits per heavy atom. The minimum absolute atomic E-state index is 0.0190. The molecule has 1 aromatic carbocycles. The van der Waals surface area contributed by atoms with E-state index in [1.54, 1.807) is 12.1 Å². The number of methoxy groups -OCH3 is 1. The maximum Gasteiger partial charge on any atom is 0.414 e. The molecule has 10 heteroatoms. The highest BCUT2D eigenvalue weighted by Gasteiger charge is 2.32. The van der Waals surface area contributed by atoms with Crippen molar-refractivity contribution in [2.45, 2.75) is 6.10 Å². The molecule has 0 saturated carbocycles. The van der Waals surface area contributed by atoms with Crippen LogP contribution in [0.15, 0.2) is 18.2 Å². The van der Waals surface area contributed by atoms with Crippen LogP contribution in [0.1, 0.15) is 0 Å². The summed E-state index contributed by atoms with van der Waals surface area (Å²) in [6.07, 6.45) is -0.914. The molecule has 2 aliphatic rings. The molecule has 0 bridgehead atoms. The fourth-order valence-corrected chi connectivity index (χ4v) is 3.04. The molecule has 1 amide bonds. The number of amides is 1. The van der Waals surface area contributed by atoms with E-state index >= 15 is 0 Å². The summed E-state index contributed by atoms with van der Waals surface area (Å²) in [5.74, 6) is -0.842. The van der Waals surface area contributed by atoms with Crippen LogP contribution in [0.4, 0.5) is 20.6 Å². The number of ether oxygens (including phenoxy) is 2. The van der Waals surface area contributed by atoms with E-state index in [1.807, 2.05) is 4.90 Å². The number of cyclic esters (lactones) is 1. The van der Waals surface area contributed by atoms with E-state index in [1.165, 1.54) is 23.1 Å². The van der Waals surface area contributed by atoms with Gasteiger partial charge in [0.25, 0.3) is 0 Å². The third-order valence-corrected chi connectivity index (χ3v) is 4.51. The van der Waals surface area contributed by atoms with Crippen molar-refractivity contribution in [1.82, 2.24) is 5.06 Å². The molecule has 2 saturated heterocycles. The summed E-state index contributed by atoms with van der Waals surface area (Å²) in [6.45, 7) is 2.23. The molecule has 0 radical (unpaired) electrons. The Bertz CT molecular complexity index is 704. The molecule has 3 rings (SSSR count). The molecule has 1 atom stereocenters. The Kier molecular flexibility index (Phi) is 6.09. The van der Waals surface area contributed by atoms with Gasteiger partial charge in [-0.1, -0.05) is 0 Å². The van der Waals surface area contributed by atoms with E-state index < -0.39 is 17.9 Å². The summed E-state index contributed by atoms with van der Waals surface area (Å²) in [7, 11) is 1.31. The van der Waals surface area contributed by atoms with Crippen LogP contribution in [-0.4, -0.2) is 76.2 Å². The van der Waals surface area contributed by atoms with Gasteiger partial charge >= 0.3 is 12.1 Å². The fraction of sp³-hybridized carbons (Fsp3) is 0.529. The van der Waals surface area contributed by atoms with Gasteiger partial charge < -0.3 is 20.1 Å². The second kappa shape index (κ2) is 8.51. The average Bonchev–Trinajstić information content (AvgIpc) is 2.89. The summed E-state index contributed by atoms with van der Waals surface area (Å²) < 4.78 is 24.4. The Morgan fingerprint density at radius 3 is 2.85 bits per heavy atom. The molecule has 0 spiro atoms. The fourth-order valence-electron chi connectivity index (χ4n) is 3.04. The van der Waals surface area contributed by atoms with E-state index in [0.29, 0.717) is 44.2 Å². The monoisotopic (exact) mass is 382 g/mol. The smallest absolute Gasteiger partial charge is 0.414 e. The predicted octanol–water partition coefficient (Wildman–Crippen LogP) is 0.336. The van der Waals surface area contributed by atoms with E-state index in [-0.39, 0.29) is 19.2 Å². The van der Waals surface area contributed by atoms with Gasteiger partial charge in [-0.15, -0.1) is 0 Å². The number of nitrogens with zero attached hydrogens (tertiary/aromatic N) is 3. The number of hydroxylamine groups is 2. The topological polar surface area (TPSA) is 97.6 Å². The van der Waals surface area contributed by atoms with Gasteiger partial charge in [0.2, 0.25) is 0 Å². The van der Waals surface area contributed by atoms with Gasteiger partial charge in [0, 0.05) is 26.2 Å². The lowest BCUT2D eigenvalue weighted by atomic mass is 10.2. The molecule has 148 valence electrons. The summed E-state index contributed by atoms with van der Waals surface area (Å²) in [4.78, 5) is 32.0. The van der Waals surface area contributed by atoms with Crippen molar-refractivity contribution >= 4 is 23.4 Å². The first kappa shape index (κ1) is 19.3. The zero-order chi connectivity index (χ0) is 19.4. The second-order valence-electron chi connectivity index (χ2n) is 6.25. The SMILES string of the molecule is COC(=O)CN1CCN(c2ccc(N3CC(CN)OC3=O)cc2F)CCO1. The van der Waals surface area contributed by atoms with Crippen molar-refractivity contribution in [1.29, 1.82) is 0 Å². The maximum absolute atomic E-state index is 14.7. The number of hydrogen-bond donors (Lipinski definition) is 1. The van der Waals surface area contributed by atoms with Crippen LogP contribution in [0, 0.1) is 5.82 Å². The Morgan fingerprint density at radius 1 is 1.37 bits per heavy atom. The van der Waals surface area contributed by atoms with Crippen LogP contribution >= 0.6 is 0 Å². The summed E-state index contributed by atoms with van der Waals surface area (Å²) in [5.41, 5.74) is 6.36. The number of carbonyl (C=O) groups is 2. The molecule has 2 heterocycles. The number of halogens is 1. The number of carbonyl (C=O) groups excluding carboxylic acids is 2. The number of anilines is 2. The normalized spacial score (nSPS) is 21.1. The second-order valence-corrected chi connectivity index (χ2v) is 6.25. The summed E-state index contributed by atoms with van der Waals surface area (Å²) in [6, 6.07) is 4.62. The van der Waals surface area contributed by atoms with Crippen molar-refractivity contribution in [3.05, 3.63) is 24.0 Å². The van der Waals surface area contributed by atoms with Gasteiger partial charge in [0.1, 0.15) is 18.5 Å². The molecule has 2 fully saturated rings. The standard InChI is InChI=1S/C17H23FN4O5/c1-25-16(23)11-21-5-4-20(6-7-26-21)15-3-2-12(8-14(15)18)22-10-13(9-19)27-17(22)24/h2-3,8,13H,4-7,9-11,19H2,1H3. The van der Waals surface area contributed by atoms with Crippen molar-refractivity contribution in [2.75, 3.05) is 62.8 Å². The van der Waals surface area contributed by atoms with Gasteiger partial charge in [-0.3, -0.25) is 14.5 Å². The first-order valence-electron chi connectivity index (χ1n) is 8.69. The summed E-state index contributed by atoms with van der Waals surface area (Å²) in [5, 5.41) is 1.51. The molecular formula is C17H23FN4O5. The van der Waals surface area contributed by atoms with Crippen LogP contribution in [0.5, 0.6) is 0 Å². The molecule has 1 unspecified atom stereocenters. The first-order valence-corrected chi connectivity index (χ1v) is 8.69. The quantitative estimate of drug-likeness (QED) is 0.728. The highest BCUT2D eigenvalue weighted by Crippen LogP contribution is 2.28. The van der Waals surface area contributed by atoms with Crippen molar-refractivity contribution in [2.24, 2.45) is 5.73 Å². The average molecular weight is 382 g/mol. The lowest BCUT2D eigenvalue weighted by molar-refractivity contribution is -0.172. The molecule has 0 aromatic heterocycles. The molecule has 2 N–H and O–H groups in total. The molecular weight excluding hydrogens is 359 g/mol. The van der Waals surface area contributed by atoms with Gasteiger partial charge in [0.15, 0.2) is 0 Å². The first-order chi connectivity index (χ1) is 13.0. The third kappa shape index (κ3) is 4.46.